The number of benzene rings is 1. The van der Waals surface area contributed by atoms with Gasteiger partial charge < -0.3 is 16.4 Å². The Morgan fingerprint density at radius 2 is 1.73 bits per heavy atom. The molecule has 1 aromatic heterocycles. The van der Waals surface area contributed by atoms with Gasteiger partial charge in [0, 0.05) is 44.4 Å². The Morgan fingerprint density at radius 3 is 2.25 bits per heavy atom. The third-order valence-corrected chi connectivity index (χ3v) is 8.82. The second kappa shape index (κ2) is 15.6. The number of thioether (sulfide) groups is 1. The lowest BCUT2D eigenvalue weighted by atomic mass is 9.71. The van der Waals surface area contributed by atoms with E-state index in [1.165, 1.54) is 0 Å². The first-order valence-electron chi connectivity index (χ1n) is 13.8. The van der Waals surface area contributed by atoms with Crippen LogP contribution in [0.5, 0.6) is 0 Å². The number of primary amides is 1. The minimum absolute atomic E-state index is 0.108. The van der Waals surface area contributed by atoms with E-state index in [0.29, 0.717) is 13.0 Å². The van der Waals surface area contributed by atoms with Gasteiger partial charge in [0.1, 0.15) is 11.5 Å². The van der Waals surface area contributed by atoms with Gasteiger partial charge in [-0.2, -0.15) is 13.2 Å². The maximum Gasteiger partial charge on any atom is 0.431 e. The highest BCUT2D eigenvalue weighted by Gasteiger charge is 2.36. The molecular formula is C28H36ClF4N5O5S. The van der Waals surface area contributed by atoms with Crippen LogP contribution in [0.25, 0.3) is 5.69 Å². The van der Waals surface area contributed by atoms with Gasteiger partial charge in [0.25, 0.3) is 5.56 Å². The number of hydrogen-bond donors (Lipinski definition) is 3. The molecule has 16 heteroatoms. The van der Waals surface area contributed by atoms with E-state index in [1.54, 1.807) is 20.9 Å². The maximum absolute atomic E-state index is 14.8. The van der Waals surface area contributed by atoms with E-state index >= 15 is 0 Å². The molecule has 4 N–H and O–H groups in total. The molecule has 0 radical (unpaired) electrons. The third kappa shape index (κ3) is 9.58. The predicted octanol–water partition coefficient (Wildman–Crippen LogP) is 3.91. The summed E-state index contributed by atoms with van der Waals surface area (Å²) in [5.74, 6) is -1.82. The maximum atomic E-state index is 14.8. The number of alkyl halides is 3. The van der Waals surface area contributed by atoms with Gasteiger partial charge in [-0.1, -0.05) is 37.8 Å². The highest BCUT2D eigenvalue weighted by Crippen LogP contribution is 2.39. The molecule has 1 aliphatic carbocycles. The molecule has 10 nitrogen and oxygen atoms in total. The molecule has 1 atom stereocenters. The molecule has 1 heterocycles. The lowest BCUT2D eigenvalue weighted by Crippen LogP contribution is -2.44. The van der Waals surface area contributed by atoms with Gasteiger partial charge in [0.2, 0.25) is 17.7 Å². The van der Waals surface area contributed by atoms with Crippen molar-refractivity contribution in [3.05, 3.63) is 55.6 Å². The summed E-state index contributed by atoms with van der Waals surface area (Å²) in [4.78, 5) is 59.8. The van der Waals surface area contributed by atoms with Gasteiger partial charge >= 0.3 is 11.9 Å². The molecule has 1 saturated carbocycles. The summed E-state index contributed by atoms with van der Waals surface area (Å²) in [6.45, 7) is 3.60. The molecule has 0 bridgehead atoms. The van der Waals surface area contributed by atoms with Crippen LogP contribution < -0.4 is 27.6 Å². The second-order valence-corrected chi connectivity index (χ2v) is 12.3. The van der Waals surface area contributed by atoms with Crippen molar-refractivity contribution in [1.29, 1.82) is 0 Å². The van der Waals surface area contributed by atoms with Crippen LogP contribution in [-0.2, 0) is 27.6 Å². The zero-order valence-corrected chi connectivity index (χ0v) is 26.3. The normalized spacial score (nSPS) is 15.0. The zero-order chi connectivity index (χ0) is 33.4. The van der Waals surface area contributed by atoms with E-state index in [-0.39, 0.29) is 54.7 Å². The molecule has 44 heavy (non-hydrogen) atoms. The van der Waals surface area contributed by atoms with Gasteiger partial charge in [-0.25, -0.2) is 13.8 Å². The summed E-state index contributed by atoms with van der Waals surface area (Å²) in [5.41, 5.74) is -0.548. The SMILES string of the molecule is CCC(N)=O.CNC(=O)CC1(CNC(=O)C(C)Sc2cc(-n3c(=O)cc(C(F)(F)F)n(C)c3=O)c(F)cc2Cl)CCCCC1. The largest absolute Gasteiger partial charge is 0.431 e. The topological polar surface area (TPSA) is 145 Å². The molecule has 3 amide bonds. The summed E-state index contributed by atoms with van der Waals surface area (Å²) in [6.07, 6.45) is 0.326. The van der Waals surface area contributed by atoms with Gasteiger partial charge in [-0.05, 0) is 37.3 Å². The monoisotopic (exact) mass is 665 g/mol. The third-order valence-electron chi connectivity index (χ3n) is 7.24. The number of amides is 3. The molecule has 244 valence electrons. The van der Waals surface area contributed by atoms with Crippen molar-refractivity contribution >= 4 is 41.1 Å². The Kier molecular flexibility index (Phi) is 13.1. The molecule has 1 aliphatic rings. The smallest absolute Gasteiger partial charge is 0.370 e. The highest BCUT2D eigenvalue weighted by molar-refractivity contribution is 8.00. The number of rotatable bonds is 9. The van der Waals surface area contributed by atoms with E-state index in [4.69, 9.17) is 11.6 Å². The van der Waals surface area contributed by atoms with E-state index in [0.717, 1.165) is 63.0 Å². The number of nitrogens with two attached hydrogens (primary N) is 1. The molecule has 0 saturated heterocycles. The van der Waals surface area contributed by atoms with E-state index in [2.05, 4.69) is 16.4 Å². The average molecular weight is 666 g/mol. The molecule has 1 unspecified atom stereocenters. The van der Waals surface area contributed by atoms with Crippen LogP contribution in [-0.4, -0.2) is 45.7 Å². The van der Waals surface area contributed by atoms with Gasteiger partial charge in [0.15, 0.2) is 0 Å². The van der Waals surface area contributed by atoms with Crippen molar-refractivity contribution < 1.29 is 31.9 Å². The minimum atomic E-state index is -4.97. The summed E-state index contributed by atoms with van der Waals surface area (Å²) in [7, 11) is 2.38. The number of carbonyl (C=O) groups is 3. The Balaban J connectivity index is 0.00000125. The number of aromatic nitrogens is 2. The summed E-state index contributed by atoms with van der Waals surface area (Å²) >= 11 is 7.10. The number of nitrogens with zero attached hydrogens (tertiary/aromatic N) is 2. The molecule has 1 fully saturated rings. The van der Waals surface area contributed by atoms with Crippen LogP contribution in [0.1, 0.15) is 64.5 Å². The Morgan fingerprint density at radius 1 is 1.14 bits per heavy atom. The van der Waals surface area contributed by atoms with Crippen molar-refractivity contribution in [2.75, 3.05) is 13.6 Å². The van der Waals surface area contributed by atoms with E-state index in [9.17, 15) is 41.5 Å². The molecular weight excluding hydrogens is 630 g/mol. The van der Waals surface area contributed by atoms with Crippen molar-refractivity contribution in [3.8, 4) is 5.69 Å². The highest BCUT2D eigenvalue weighted by atomic mass is 35.5. The first kappa shape index (κ1) is 36.9. The first-order chi connectivity index (χ1) is 20.5. The van der Waals surface area contributed by atoms with Crippen molar-refractivity contribution in [2.45, 2.75) is 75.1 Å². The molecule has 3 rings (SSSR count). The van der Waals surface area contributed by atoms with Crippen LogP contribution in [0, 0.1) is 11.2 Å². The number of halogens is 5. The number of hydrogen-bond acceptors (Lipinski definition) is 6. The Bertz CT molecular complexity index is 1490. The van der Waals surface area contributed by atoms with Crippen LogP contribution in [0.15, 0.2) is 32.7 Å². The Labute approximate surface area is 260 Å². The summed E-state index contributed by atoms with van der Waals surface area (Å²) < 4.78 is 54.8. The quantitative estimate of drug-likeness (QED) is 0.274. The van der Waals surface area contributed by atoms with Crippen molar-refractivity contribution in [2.24, 2.45) is 18.2 Å². The fourth-order valence-electron chi connectivity index (χ4n) is 4.71. The number of carbonyl (C=O) groups excluding carboxylic acids is 3. The summed E-state index contributed by atoms with van der Waals surface area (Å²) in [5, 5.41) is 4.65. The van der Waals surface area contributed by atoms with Crippen LogP contribution in [0.2, 0.25) is 5.02 Å². The first-order valence-corrected chi connectivity index (χ1v) is 15.0. The lowest BCUT2D eigenvalue weighted by molar-refractivity contribution is -0.144. The van der Waals surface area contributed by atoms with Gasteiger partial charge in [-0.15, -0.1) is 11.8 Å². The molecule has 1 aromatic carbocycles. The number of nitrogens with one attached hydrogen (secondary N) is 2. The Hall–Kier alpha value is -3.33. The lowest BCUT2D eigenvalue weighted by Gasteiger charge is -2.37. The zero-order valence-electron chi connectivity index (χ0n) is 24.8. The predicted molar refractivity (Wildman–Crippen MR) is 159 cm³/mol. The fourth-order valence-corrected chi connectivity index (χ4v) is 5.92. The molecule has 2 aromatic rings. The van der Waals surface area contributed by atoms with Crippen molar-refractivity contribution in [3.63, 3.8) is 0 Å². The standard InChI is InChI=1S/C25H29ClF4N4O4S.C3H7NO/c1-14(22(37)32-13-24(12-20(35)31-2)7-5-4-6-8-24)39-18-10-17(16(27)9-15(18)26)34-21(36)11-19(25(28,29)30)33(3)23(34)38;1-2-3(4)5/h9-11,14H,4-8,12-13H2,1-3H3,(H,31,35)(H,32,37);2H2,1H3,(H2,4,5). The molecule has 0 aliphatic heterocycles. The molecule has 0 spiro atoms. The van der Waals surface area contributed by atoms with E-state index in [1.807, 2.05) is 0 Å². The van der Waals surface area contributed by atoms with Gasteiger partial charge in [-0.3, -0.25) is 23.7 Å². The average Bonchev–Trinajstić information content (AvgIpc) is 2.96. The van der Waals surface area contributed by atoms with Crippen LogP contribution in [0.3, 0.4) is 0 Å². The second-order valence-electron chi connectivity index (χ2n) is 10.5. The van der Waals surface area contributed by atoms with E-state index < -0.39 is 39.9 Å². The van der Waals surface area contributed by atoms with Crippen molar-refractivity contribution in [1.82, 2.24) is 19.8 Å². The summed E-state index contributed by atoms with van der Waals surface area (Å²) in [6, 6.07) is 2.09. The minimum Gasteiger partial charge on any atom is -0.370 e. The van der Waals surface area contributed by atoms with Crippen LogP contribution in [0.4, 0.5) is 17.6 Å². The fraction of sp³-hybridized carbons (Fsp3) is 0.536. The van der Waals surface area contributed by atoms with Crippen LogP contribution >= 0.6 is 23.4 Å². The van der Waals surface area contributed by atoms with Gasteiger partial charge in [0.05, 0.1) is 16.0 Å².